The van der Waals surface area contributed by atoms with E-state index in [2.05, 4.69) is 0 Å². The van der Waals surface area contributed by atoms with Crippen molar-refractivity contribution in [2.45, 2.75) is 19.3 Å². The molecule has 0 amide bonds. The first-order chi connectivity index (χ1) is 7.87. The van der Waals surface area contributed by atoms with Gasteiger partial charge in [0, 0.05) is 26.7 Å². The van der Waals surface area contributed by atoms with Gasteiger partial charge in [-0.2, -0.15) is 17.0 Å². The van der Waals surface area contributed by atoms with Gasteiger partial charge in [0.1, 0.15) is 0 Å². The maximum absolute atomic E-state index is 12.2. The lowest BCUT2D eigenvalue weighted by atomic mass is 10.0. The molecule has 1 aliphatic heterocycles. The summed E-state index contributed by atoms with van der Waals surface area (Å²) < 4.78 is 50.0. The Morgan fingerprint density at radius 1 is 1.53 bits per heavy atom. The topological polar surface area (TPSA) is 60.9 Å². The van der Waals surface area contributed by atoms with Crippen molar-refractivity contribution in [1.29, 1.82) is 0 Å². The second-order valence-electron chi connectivity index (χ2n) is 4.23. The lowest BCUT2D eigenvalue weighted by Crippen LogP contribution is -2.48. The Balaban J connectivity index is 2.69. The van der Waals surface area contributed by atoms with Crippen molar-refractivity contribution in [3.63, 3.8) is 0 Å². The second-order valence-corrected chi connectivity index (χ2v) is 6.26. The third-order valence-corrected chi connectivity index (χ3v) is 4.78. The number of hydrogen-bond donors (Lipinski definition) is 1. The van der Waals surface area contributed by atoms with Crippen molar-refractivity contribution in [2.24, 2.45) is 5.92 Å². The number of nitrogens with zero attached hydrogens (tertiary/aromatic N) is 2. The standard InChI is InChI=1S/C9H18F2N2O3S/c1-12(6-9(10)11)17(15,16)13-4-2-3-8(5-13)7-14/h8-9,14H,2-7H2,1H3. The molecule has 0 radical (unpaired) electrons. The first-order valence-corrected chi connectivity index (χ1v) is 6.88. The minimum atomic E-state index is -3.82. The van der Waals surface area contributed by atoms with Crippen LogP contribution in [0.2, 0.25) is 0 Å². The van der Waals surface area contributed by atoms with E-state index in [4.69, 9.17) is 5.11 Å². The molecule has 102 valence electrons. The number of hydrogen-bond acceptors (Lipinski definition) is 3. The summed E-state index contributed by atoms with van der Waals surface area (Å²) in [6, 6.07) is 0. The SMILES string of the molecule is CN(CC(F)F)S(=O)(=O)N1CCCC(CO)C1. The van der Waals surface area contributed by atoms with E-state index in [1.54, 1.807) is 0 Å². The Hall–Kier alpha value is -0.310. The molecule has 1 aliphatic rings. The van der Waals surface area contributed by atoms with E-state index in [0.717, 1.165) is 13.5 Å². The van der Waals surface area contributed by atoms with Gasteiger partial charge in [-0.25, -0.2) is 8.78 Å². The number of halogens is 2. The van der Waals surface area contributed by atoms with Crippen LogP contribution in [-0.4, -0.2) is 61.8 Å². The molecule has 8 heteroatoms. The van der Waals surface area contributed by atoms with Crippen LogP contribution >= 0.6 is 0 Å². The molecule has 1 fully saturated rings. The summed E-state index contributed by atoms with van der Waals surface area (Å²) in [4.78, 5) is 0. The Morgan fingerprint density at radius 3 is 2.71 bits per heavy atom. The number of piperidine rings is 1. The van der Waals surface area contributed by atoms with Crippen molar-refractivity contribution in [3.05, 3.63) is 0 Å². The van der Waals surface area contributed by atoms with Crippen LogP contribution < -0.4 is 0 Å². The molecule has 0 aromatic heterocycles. The molecule has 0 aromatic carbocycles. The Kier molecular flexibility index (Phi) is 5.23. The summed E-state index contributed by atoms with van der Waals surface area (Å²) in [5, 5.41) is 9.00. The van der Waals surface area contributed by atoms with E-state index in [0.29, 0.717) is 17.3 Å². The normalized spacial score (nSPS) is 23.5. The molecule has 1 heterocycles. The molecule has 1 rings (SSSR count). The lowest BCUT2D eigenvalue weighted by molar-refractivity contribution is 0.120. The lowest BCUT2D eigenvalue weighted by Gasteiger charge is -2.33. The number of aliphatic hydroxyl groups is 1. The van der Waals surface area contributed by atoms with Gasteiger partial charge in [0.2, 0.25) is 0 Å². The molecular formula is C9H18F2N2O3S. The Labute approximate surface area is 100 Å². The van der Waals surface area contributed by atoms with Crippen LogP contribution in [0.15, 0.2) is 0 Å². The Bertz CT molecular complexity index is 337. The van der Waals surface area contributed by atoms with Gasteiger partial charge in [0.25, 0.3) is 16.6 Å². The van der Waals surface area contributed by atoms with E-state index in [1.807, 2.05) is 0 Å². The molecule has 1 saturated heterocycles. The van der Waals surface area contributed by atoms with Crippen LogP contribution in [-0.2, 0) is 10.2 Å². The van der Waals surface area contributed by atoms with E-state index in [1.165, 1.54) is 4.31 Å². The average molecular weight is 272 g/mol. The minimum absolute atomic E-state index is 0.0788. The summed E-state index contributed by atoms with van der Waals surface area (Å²) in [5.74, 6) is -0.0986. The largest absolute Gasteiger partial charge is 0.396 e. The molecule has 0 bridgehead atoms. The fourth-order valence-electron chi connectivity index (χ4n) is 1.87. The molecule has 0 aliphatic carbocycles. The molecule has 0 aromatic rings. The van der Waals surface area contributed by atoms with Crippen LogP contribution in [0.3, 0.4) is 0 Å². The van der Waals surface area contributed by atoms with Gasteiger partial charge >= 0.3 is 0 Å². The zero-order valence-corrected chi connectivity index (χ0v) is 10.5. The monoisotopic (exact) mass is 272 g/mol. The Morgan fingerprint density at radius 2 is 2.18 bits per heavy atom. The van der Waals surface area contributed by atoms with Crippen molar-refractivity contribution in [3.8, 4) is 0 Å². The smallest absolute Gasteiger partial charge is 0.281 e. The average Bonchev–Trinajstić information content (AvgIpc) is 2.28. The molecule has 5 nitrogen and oxygen atoms in total. The van der Waals surface area contributed by atoms with Crippen LogP contribution in [0, 0.1) is 5.92 Å². The van der Waals surface area contributed by atoms with Crippen molar-refractivity contribution in [2.75, 3.05) is 33.3 Å². The van der Waals surface area contributed by atoms with Crippen molar-refractivity contribution < 1.29 is 22.3 Å². The molecular weight excluding hydrogens is 254 g/mol. The highest BCUT2D eigenvalue weighted by molar-refractivity contribution is 7.86. The summed E-state index contributed by atoms with van der Waals surface area (Å²) in [5.41, 5.74) is 0. The maximum Gasteiger partial charge on any atom is 0.281 e. The van der Waals surface area contributed by atoms with Gasteiger partial charge in [-0.1, -0.05) is 0 Å². The zero-order valence-electron chi connectivity index (χ0n) is 9.72. The first kappa shape index (κ1) is 14.7. The van der Waals surface area contributed by atoms with Gasteiger partial charge < -0.3 is 5.11 Å². The van der Waals surface area contributed by atoms with E-state index < -0.39 is 23.2 Å². The van der Waals surface area contributed by atoms with Crippen molar-refractivity contribution >= 4 is 10.2 Å². The van der Waals surface area contributed by atoms with Crippen LogP contribution in [0.4, 0.5) is 8.78 Å². The number of alkyl halides is 2. The zero-order chi connectivity index (χ0) is 13.1. The summed E-state index contributed by atoms with van der Waals surface area (Å²) in [7, 11) is -2.68. The highest BCUT2D eigenvalue weighted by atomic mass is 32.2. The fourth-order valence-corrected chi connectivity index (χ4v) is 3.33. The fraction of sp³-hybridized carbons (Fsp3) is 1.00. The molecule has 0 saturated carbocycles. The first-order valence-electron chi connectivity index (χ1n) is 5.48. The summed E-state index contributed by atoms with van der Waals surface area (Å²) in [6.45, 7) is -0.355. The third-order valence-electron chi connectivity index (χ3n) is 2.86. The molecule has 17 heavy (non-hydrogen) atoms. The maximum atomic E-state index is 12.2. The van der Waals surface area contributed by atoms with Crippen molar-refractivity contribution in [1.82, 2.24) is 8.61 Å². The molecule has 0 spiro atoms. The van der Waals surface area contributed by atoms with E-state index in [9.17, 15) is 17.2 Å². The predicted octanol–water partition coefficient (Wildman–Crippen LogP) is 0.132. The van der Waals surface area contributed by atoms with E-state index >= 15 is 0 Å². The summed E-state index contributed by atoms with van der Waals surface area (Å²) >= 11 is 0. The highest BCUT2D eigenvalue weighted by Gasteiger charge is 2.32. The van der Waals surface area contributed by atoms with Crippen LogP contribution in [0.25, 0.3) is 0 Å². The summed E-state index contributed by atoms with van der Waals surface area (Å²) in [6.07, 6.45) is -1.28. The van der Waals surface area contributed by atoms with Gasteiger partial charge in [0.05, 0.1) is 6.54 Å². The van der Waals surface area contributed by atoms with Gasteiger partial charge in [0.15, 0.2) is 0 Å². The molecule has 1 N–H and O–H groups in total. The predicted molar refractivity (Wildman–Crippen MR) is 58.9 cm³/mol. The highest BCUT2D eigenvalue weighted by Crippen LogP contribution is 2.20. The third kappa shape index (κ3) is 3.84. The minimum Gasteiger partial charge on any atom is -0.396 e. The van der Waals surface area contributed by atoms with Crippen LogP contribution in [0.1, 0.15) is 12.8 Å². The number of aliphatic hydroxyl groups excluding tert-OH is 1. The quantitative estimate of drug-likeness (QED) is 0.774. The van der Waals surface area contributed by atoms with Gasteiger partial charge in [-0.15, -0.1) is 0 Å². The van der Waals surface area contributed by atoms with Crippen LogP contribution in [0.5, 0.6) is 0 Å². The van der Waals surface area contributed by atoms with Gasteiger partial charge in [-0.05, 0) is 18.8 Å². The van der Waals surface area contributed by atoms with E-state index in [-0.39, 0.29) is 19.1 Å². The second kappa shape index (κ2) is 6.03. The number of rotatable bonds is 5. The molecule has 1 unspecified atom stereocenters. The molecule has 1 atom stereocenters. The van der Waals surface area contributed by atoms with Gasteiger partial charge in [-0.3, -0.25) is 0 Å².